The van der Waals surface area contributed by atoms with E-state index >= 15 is 0 Å². The maximum Gasteiger partial charge on any atom is 0.410 e. The van der Waals surface area contributed by atoms with E-state index in [0.717, 1.165) is 16.7 Å². The molecule has 0 aliphatic carbocycles. The van der Waals surface area contributed by atoms with E-state index in [2.05, 4.69) is 15.5 Å². The summed E-state index contributed by atoms with van der Waals surface area (Å²) in [6.45, 7) is 4.74. The van der Waals surface area contributed by atoms with Gasteiger partial charge < -0.3 is 10.2 Å². The summed E-state index contributed by atoms with van der Waals surface area (Å²) in [6, 6.07) is -0.554. The normalized spacial score (nSPS) is 24.4. The quantitative estimate of drug-likeness (QED) is 0.838. The molecule has 0 saturated carbocycles. The Balaban J connectivity index is 1.51. The van der Waals surface area contributed by atoms with Gasteiger partial charge in [-0.1, -0.05) is 0 Å². The number of halogens is 3. The Morgan fingerprint density at radius 1 is 1.38 bits per heavy atom. The van der Waals surface area contributed by atoms with Crippen LogP contribution in [0.15, 0.2) is 18.5 Å². The van der Waals surface area contributed by atoms with Crippen LogP contribution >= 0.6 is 0 Å². The second-order valence-electron chi connectivity index (χ2n) is 8.01. The number of anilines is 1. The standard InChI is InChI=1S/C19H25F3N6O/c1-12-10-23-26(11-12)7-5-18(29)27-6-3-4-15(27)14-9-17-24-13(2)8-16(19(20,21)22)28(17)25-14/h9-11,13,15-16,24H,3-8H2,1-2H3/t13-,15+,16-/m1/s1. The summed E-state index contributed by atoms with van der Waals surface area (Å²) >= 11 is 0. The van der Waals surface area contributed by atoms with Gasteiger partial charge in [-0.05, 0) is 38.7 Å². The molecule has 3 atom stereocenters. The molecular formula is C19H25F3N6O. The number of carbonyl (C=O) groups is 1. The summed E-state index contributed by atoms with van der Waals surface area (Å²) in [6.07, 6.45) is 1.01. The van der Waals surface area contributed by atoms with Crippen LogP contribution < -0.4 is 5.32 Å². The van der Waals surface area contributed by atoms with Crippen LogP contribution in [0, 0.1) is 6.92 Å². The highest BCUT2D eigenvalue weighted by Crippen LogP contribution is 2.41. The van der Waals surface area contributed by atoms with E-state index in [1.165, 1.54) is 0 Å². The summed E-state index contributed by atoms with van der Waals surface area (Å²) in [5.74, 6) is 0.340. The lowest BCUT2D eigenvalue weighted by Crippen LogP contribution is -2.38. The average Bonchev–Trinajstić information content (AvgIpc) is 3.36. The number of alkyl halides is 3. The van der Waals surface area contributed by atoms with Crippen molar-refractivity contribution in [1.29, 1.82) is 0 Å². The van der Waals surface area contributed by atoms with Crippen LogP contribution in [0.5, 0.6) is 0 Å². The Hall–Kier alpha value is -2.52. The van der Waals surface area contributed by atoms with E-state index in [1.807, 2.05) is 13.1 Å². The van der Waals surface area contributed by atoms with Crippen LogP contribution in [0.3, 0.4) is 0 Å². The van der Waals surface area contributed by atoms with Gasteiger partial charge in [0.2, 0.25) is 5.91 Å². The lowest BCUT2D eigenvalue weighted by molar-refractivity contribution is -0.173. The van der Waals surface area contributed by atoms with Crippen molar-refractivity contribution in [3.05, 3.63) is 29.7 Å². The average molecular weight is 410 g/mol. The van der Waals surface area contributed by atoms with E-state index in [9.17, 15) is 18.0 Å². The number of likely N-dealkylation sites (tertiary alicyclic amines) is 1. The van der Waals surface area contributed by atoms with E-state index < -0.39 is 12.2 Å². The van der Waals surface area contributed by atoms with Crippen molar-refractivity contribution in [2.45, 2.75) is 70.4 Å². The van der Waals surface area contributed by atoms with Crippen LogP contribution in [-0.2, 0) is 11.3 Å². The molecule has 2 aromatic rings. The molecule has 0 radical (unpaired) electrons. The zero-order valence-corrected chi connectivity index (χ0v) is 16.5. The van der Waals surface area contributed by atoms with Crippen LogP contribution in [0.2, 0.25) is 0 Å². The molecule has 7 nitrogen and oxygen atoms in total. The van der Waals surface area contributed by atoms with Gasteiger partial charge in [-0.15, -0.1) is 0 Å². The third kappa shape index (κ3) is 3.97. The summed E-state index contributed by atoms with van der Waals surface area (Å²) < 4.78 is 43.2. The molecule has 0 unspecified atom stereocenters. The second-order valence-corrected chi connectivity index (χ2v) is 8.01. The minimum absolute atomic E-state index is 0.0275. The first-order valence-electron chi connectivity index (χ1n) is 9.93. The minimum Gasteiger partial charge on any atom is -0.368 e. The van der Waals surface area contributed by atoms with E-state index in [1.54, 1.807) is 28.8 Å². The molecule has 0 bridgehead atoms. The SMILES string of the molecule is Cc1cnn(CCC(=O)N2CCC[C@H]2c2cc3n(n2)[C@@H](C(F)(F)F)C[C@@H](C)N3)c1. The highest BCUT2D eigenvalue weighted by atomic mass is 19.4. The maximum absolute atomic E-state index is 13.5. The molecule has 1 saturated heterocycles. The summed E-state index contributed by atoms with van der Waals surface area (Å²) in [5, 5.41) is 11.6. The van der Waals surface area contributed by atoms with Gasteiger partial charge in [-0.3, -0.25) is 9.48 Å². The molecule has 2 aliphatic heterocycles. The van der Waals surface area contributed by atoms with Crippen LogP contribution in [0.1, 0.15) is 55.9 Å². The molecule has 158 valence electrons. The highest BCUT2D eigenvalue weighted by molar-refractivity contribution is 5.77. The third-order valence-electron chi connectivity index (χ3n) is 5.63. The van der Waals surface area contributed by atoms with Crippen molar-refractivity contribution in [1.82, 2.24) is 24.5 Å². The highest BCUT2D eigenvalue weighted by Gasteiger charge is 2.46. The van der Waals surface area contributed by atoms with Crippen molar-refractivity contribution in [2.75, 3.05) is 11.9 Å². The molecule has 1 N–H and O–H groups in total. The van der Waals surface area contributed by atoms with E-state index in [4.69, 9.17) is 0 Å². The number of hydrogen-bond donors (Lipinski definition) is 1. The maximum atomic E-state index is 13.5. The number of nitrogens with one attached hydrogen (secondary N) is 1. The van der Waals surface area contributed by atoms with Gasteiger partial charge >= 0.3 is 6.18 Å². The largest absolute Gasteiger partial charge is 0.410 e. The van der Waals surface area contributed by atoms with E-state index in [0.29, 0.717) is 37.4 Å². The molecule has 2 aliphatic rings. The Morgan fingerprint density at radius 3 is 2.86 bits per heavy atom. The molecule has 0 spiro atoms. The van der Waals surface area contributed by atoms with Crippen molar-refractivity contribution in [3.8, 4) is 0 Å². The second kappa shape index (κ2) is 7.38. The third-order valence-corrected chi connectivity index (χ3v) is 5.63. The number of hydrogen-bond acceptors (Lipinski definition) is 4. The number of aryl methyl sites for hydroxylation is 2. The number of carbonyl (C=O) groups excluding carboxylic acids is 1. The minimum atomic E-state index is -4.36. The fourth-order valence-electron chi connectivity index (χ4n) is 4.26. The van der Waals surface area contributed by atoms with Crippen LogP contribution in [-0.4, -0.2) is 49.1 Å². The molecule has 0 aromatic carbocycles. The van der Waals surface area contributed by atoms with Gasteiger partial charge in [-0.25, -0.2) is 4.68 Å². The van der Waals surface area contributed by atoms with Gasteiger partial charge in [0, 0.05) is 37.8 Å². The molecule has 2 aromatic heterocycles. The zero-order chi connectivity index (χ0) is 20.8. The lowest BCUT2D eigenvalue weighted by atomic mass is 10.1. The molecule has 29 heavy (non-hydrogen) atoms. The lowest BCUT2D eigenvalue weighted by Gasteiger charge is -2.31. The summed E-state index contributed by atoms with van der Waals surface area (Å²) in [7, 11) is 0. The Labute approximate surface area is 166 Å². The molecule has 4 rings (SSSR count). The van der Waals surface area contributed by atoms with Crippen molar-refractivity contribution < 1.29 is 18.0 Å². The zero-order valence-electron chi connectivity index (χ0n) is 16.5. The topological polar surface area (TPSA) is 68.0 Å². The number of fused-ring (bicyclic) bond motifs is 1. The van der Waals surface area contributed by atoms with Crippen molar-refractivity contribution in [2.24, 2.45) is 0 Å². The first-order valence-corrected chi connectivity index (χ1v) is 9.93. The predicted octanol–water partition coefficient (Wildman–Crippen LogP) is 3.45. The van der Waals surface area contributed by atoms with Gasteiger partial charge in [0.15, 0.2) is 6.04 Å². The molecular weight excluding hydrogens is 385 g/mol. The number of nitrogens with zero attached hydrogens (tertiary/aromatic N) is 5. The Kier molecular flexibility index (Phi) is 5.04. The fourth-order valence-corrected chi connectivity index (χ4v) is 4.26. The number of amides is 1. The van der Waals surface area contributed by atoms with Gasteiger partial charge in [0.05, 0.1) is 17.9 Å². The fraction of sp³-hybridized carbons (Fsp3) is 0.632. The monoisotopic (exact) mass is 410 g/mol. The smallest absolute Gasteiger partial charge is 0.368 e. The Morgan fingerprint density at radius 2 is 2.17 bits per heavy atom. The van der Waals surface area contributed by atoms with Crippen molar-refractivity contribution in [3.63, 3.8) is 0 Å². The van der Waals surface area contributed by atoms with Crippen LogP contribution in [0.4, 0.5) is 19.0 Å². The van der Waals surface area contributed by atoms with Gasteiger partial charge in [-0.2, -0.15) is 23.4 Å². The predicted molar refractivity (Wildman–Crippen MR) is 100 cm³/mol. The molecule has 1 amide bonds. The summed E-state index contributed by atoms with van der Waals surface area (Å²) in [4.78, 5) is 14.5. The first kappa shape index (κ1) is 19.8. The number of aromatic nitrogens is 4. The number of rotatable bonds is 4. The molecule has 10 heteroatoms. The van der Waals surface area contributed by atoms with Crippen molar-refractivity contribution >= 4 is 11.7 Å². The first-order chi connectivity index (χ1) is 13.7. The summed E-state index contributed by atoms with van der Waals surface area (Å²) in [5.41, 5.74) is 1.55. The van der Waals surface area contributed by atoms with Crippen LogP contribution in [0.25, 0.3) is 0 Å². The molecule has 4 heterocycles. The van der Waals surface area contributed by atoms with E-state index in [-0.39, 0.29) is 24.4 Å². The molecule has 1 fully saturated rings. The van der Waals surface area contributed by atoms with Gasteiger partial charge in [0.25, 0.3) is 0 Å². The Bertz CT molecular complexity index is 889. The van der Waals surface area contributed by atoms with Gasteiger partial charge in [0.1, 0.15) is 5.82 Å².